The first-order chi connectivity index (χ1) is 12.8. The number of H-pyrrole nitrogens is 1. The van der Waals surface area contributed by atoms with Gasteiger partial charge in [0.15, 0.2) is 0 Å². The van der Waals surface area contributed by atoms with Gasteiger partial charge in [-0.25, -0.2) is 0 Å². The number of nitrogens with zero attached hydrogens (tertiary/aromatic N) is 1. The van der Waals surface area contributed by atoms with Gasteiger partial charge in [-0.05, 0) is 36.2 Å². The fraction of sp³-hybridized carbons (Fsp3) is 0.167. The molecular weight excluding hydrogens is 361 g/mol. The smallest absolute Gasteiger partial charge is 0.278 e. The summed E-state index contributed by atoms with van der Waals surface area (Å²) in [6, 6.07) is 9.66. The first-order valence-electron chi connectivity index (χ1n) is 8.01. The Balaban J connectivity index is 1.51. The van der Waals surface area contributed by atoms with Gasteiger partial charge in [0.05, 0.1) is 17.3 Å². The summed E-state index contributed by atoms with van der Waals surface area (Å²) < 4.78 is 38.0. The number of amides is 2. The molecule has 0 bridgehead atoms. The number of hydrogen-bond donors (Lipinski definition) is 3. The second-order valence-corrected chi connectivity index (χ2v) is 5.87. The molecule has 0 aliphatic heterocycles. The van der Waals surface area contributed by atoms with Crippen LogP contribution in [-0.4, -0.2) is 22.0 Å². The molecule has 9 heteroatoms. The number of aromatic amines is 1. The van der Waals surface area contributed by atoms with Crippen LogP contribution in [-0.2, 0) is 17.4 Å². The average molecular weight is 376 g/mol. The fourth-order valence-corrected chi connectivity index (χ4v) is 2.51. The lowest BCUT2D eigenvalue weighted by molar-refractivity contribution is -0.137. The lowest BCUT2D eigenvalue weighted by Gasteiger charge is -2.09. The third-order valence-electron chi connectivity index (χ3n) is 3.91. The Labute approximate surface area is 151 Å². The number of alkyl halides is 3. The molecular formula is C18H15F3N4O2. The van der Waals surface area contributed by atoms with Crippen molar-refractivity contribution in [3.63, 3.8) is 0 Å². The number of carbonyl (C=O) groups excluding carboxylic acids is 2. The van der Waals surface area contributed by atoms with Crippen molar-refractivity contribution >= 4 is 22.7 Å². The van der Waals surface area contributed by atoms with Crippen LogP contribution in [0.4, 0.5) is 13.2 Å². The van der Waals surface area contributed by atoms with E-state index < -0.39 is 23.6 Å². The number of carbonyl (C=O) groups is 2. The van der Waals surface area contributed by atoms with Gasteiger partial charge in [0.25, 0.3) is 5.91 Å². The summed E-state index contributed by atoms with van der Waals surface area (Å²) in [6.07, 6.45) is -2.81. The predicted octanol–water partition coefficient (Wildman–Crippen LogP) is 2.98. The lowest BCUT2D eigenvalue weighted by Crippen LogP contribution is -2.41. The van der Waals surface area contributed by atoms with Crippen LogP contribution in [0.25, 0.3) is 10.9 Å². The number of halogens is 3. The summed E-state index contributed by atoms with van der Waals surface area (Å²) in [7, 11) is 0. The zero-order chi connectivity index (χ0) is 19.4. The second kappa shape index (κ2) is 7.48. The molecule has 140 valence electrons. The van der Waals surface area contributed by atoms with E-state index >= 15 is 0 Å². The highest BCUT2D eigenvalue weighted by Gasteiger charge is 2.30. The Morgan fingerprint density at radius 1 is 1.07 bits per heavy atom. The Morgan fingerprint density at radius 2 is 1.89 bits per heavy atom. The number of rotatable bonds is 4. The molecule has 0 fully saturated rings. The van der Waals surface area contributed by atoms with Gasteiger partial charge in [-0.1, -0.05) is 18.2 Å². The first kappa shape index (κ1) is 18.4. The zero-order valence-electron chi connectivity index (χ0n) is 13.9. The summed E-state index contributed by atoms with van der Waals surface area (Å²) in [5.41, 5.74) is 5.27. The van der Waals surface area contributed by atoms with Gasteiger partial charge >= 0.3 is 6.18 Å². The molecule has 27 heavy (non-hydrogen) atoms. The van der Waals surface area contributed by atoms with E-state index in [1.165, 1.54) is 12.1 Å². The van der Waals surface area contributed by atoms with E-state index in [0.29, 0.717) is 11.1 Å². The van der Waals surface area contributed by atoms with Crippen LogP contribution in [0.1, 0.15) is 27.9 Å². The van der Waals surface area contributed by atoms with Crippen molar-refractivity contribution in [1.29, 1.82) is 0 Å². The SMILES string of the molecule is O=C(CCc1cccc(C(F)(F)F)c1)NNC(=O)c1ccc2[nH]ncc2c1. The maximum absolute atomic E-state index is 12.7. The fourth-order valence-electron chi connectivity index (χ4n) is 2.51. The molecule has 2 amide bonds. The summed E-state index contributed by atoms with van der Waals surface area (Å²) in [4.78, 5) is 23.9. The molecule has 0 aliphatic carbocycles. The third kappa shape index (κ3) is 4.63. The van der Waals surface area contributed by atoms with E-state index in [1.54, 1.807) is 24.4 Å². The van der Waals surface area contributed by atoms with Gasteiger partial charge in [0, 0.05) is 17.4 Å². The molecule has 0 aliphatic rings. The van der Waals surface area contributed by atoms with Gasteiger partial charge < -0.3 is 0 Å². The molecule has 0 saturated carbocycles. The molecule has 0 spiro atoms. The largest absolute Gasteiger partial charge is 0.416 e. The Bertz CT molecular complexity index is 982. The van der Waals surface area contributed by atoms with Gasteiger partial charge in [0.1, 0.15) is 0 Å². The van der Waals surface area contributed by atoms with E-state index in [0.717, 1.165) is 23.0 Å². The van der Waals surface area contributed by atoms with Crippen molar-refractivity contribution in [1.82, 2.24) is 21.0 Å². The average Bonchev–Trinajstić information content (AvgIpc) is 3.11. The van der Waals surface area contributed by atoms with E-state index in [1.807, 2.05) is 0 Å². The topological polar surface area (TPSA) is 86.9 Å². The minimum absolute atomic E-state index is 0.0671. The van der Waals surface area contributed by atoms with E-state index in [9.17, 15) is 22.8 Å². The van der Waals surface area contributed by atoms with Gasteiger partial charge in [-0.2, -0.15) is 18.3 Å². The number of fused-ring (bicyclic) bond motifs is 1. The Morgan fingerprint density at radius 3 is 2.67 bits per heavy atom. The highest BCUT2D eigenvalue weighted by atomic mass is 19.4. The number of aryl methyl sites for hydroxylation is 1. The van der Waals surface area contributed by atoms with Crippen molar-refractivity contribution in [3.8, 4) is 0 Å². The summed E-state index contributed by atoms with van der Waals surface area (Å²) >= 11 is 0. The van der Waals surface area contributed by atoms with Crippen LogP contribution in [0, 0.1) is 0 Å². The molecule has 0 saturated heterocycles. The lowest BCUT2D eigenvalue weighted by atomic mass is 10.1. The molecule has 3 aromatic rings. The van der Waals surface area contributed by atoms with Crippen LogP contribution in [0.2, 0.25) is 0 Å². The van der Waals surface area contributed by atoms with E-state index in [-0.39, 0.29) is 12.8 Å². The summed E-state index contributed by atoms with van der Waals surface area (Å²) in [6.45, 7) is 0. The molecule has 1 aromatic heterocycles. The van der Waals surface area contributed by atoms with Crippen LogP contribution in [0.15, 0.2) is 48.7 Å². The van der Waals surface area contributed by atoms with Crippen LogP contribution in [0.3, 0.4) is 0 Å². The monoisotopic (exact) mass is 376 g/mol. The molecule has 0 atom stereocenters. The summed E-state index contributed by atoms with van der Waals surface area (Å²) in [5.74, 6) is -1.02. The molecule has 0 unspecified atom stereocenters. The molecule has 1 heterocycles. The highest BCUT2D eigenvalue weighted by Crippen LogP contribution is 2.29. The number of nitrogens with one attached hydrogen (secondary N) is 3. The number of hydrazine groups is 1. The quantitative estimate of drug-likeness (QED) is 0.612. The van der Waals surface area contributed by atoms with E-state index in [2.05, 4.69) is 21.0 Å². The molecule has 0 radical (unpaired) electrons. The van der Waals surface area contributed by atoms with Crippen molar-refractivity contribution in [2.75, 3.05) is 0 Å². The Hall–Kier alpha value is -3.36. The molecule has 2 aromatic carbocycles. The van der Waals surface area contributed by atoms with Crippen LogP contribution >= 0.6 is 0 Å². The van der Waals surface area contributed by atoms with Gasteiger partial charge in [0.2, 0.25) is 5.91 Å². The Kier molecular flexibility index (Phi) is 5.11. The third-order valence-corrected chi connectivity index (χ3v) is 3.91. The van der Waals surface area contributed by atoms with Crippen molar-refractivity contribution in [2.24, 2.45) is 0 Å². The van der Waals surface area contributed by atoms with Crippen LogP contribution in [0.5, 0.6) is 0 Å². The number of benzene rings is 2. The predicted molar refractivity (Wildman–Crippen MR) is 91.5 cm³/mol. The van der Waals surface area contributed by atoms with Crippen molar-refractivity contribution in [2.45, 2.75) is 19.0 Å². The number of hydrogen-bond acceptors (Lipinski definition) is 3. The standard InChI is InChI=1S/C18H15F3N4O2/c19-18(20,21)14-3-1-2-11(8-14)4-7-16(26)24-25-17(27)12-5-6-15-13(9-12)10-22-23-15/h1-3,5-6,8-10H,4,7H2,(H,22,23)(H,24,26)(H,25,27). The first-order valence-corrected chi connectivity index (χ1v) is 8.01. The van der Waals surface area contributed by atoms with Crippen molar-refractivity contribution in [3.05, 3.63) is 65.4 Å². The molecule has 6 nitrogen and oxygen atoms in total. The van der Waals surface area contributed by atoms with Gasteiger partial charge in [-0.3, -0.25) is 25.5 Å². The maximum atomic E-state index is 12.7. The number of aromatic nitrogens is 2. The highest BCUT2D eigenvalue weighted by molar-refractivity contribution is 5.98. The van der Waals surface area contributed by atoms with E-state index in [4.69, 9.17) is 0 Å². The van der Waals surface area contributed by atoms with Crippen LogP contribution < -0.4 is 10.9 Å². The minimum Gasteiger partial charge on any atom is -0.278 e. The molecule has 3 rings (SSSR count). The summed E-state index contributed by atoms with van der Waals surface area (Å²) in [5, 5.41) is 7.36. The second-order valence-electron chi connectivity index (χ2n) is 5.87. The van der Waals surface area contributed by atoms with Crippen molar-refractivity contribution < 1.29 is 22.8 Å². The van der Waals surface area contributed by atoms with Gasteiger partial charge in [-0.15, -0.1) is 0 Å². The molecule has 3 N–H and O–H groups in total. The zero-order valence-corrected chi connectivity index (χ0v) is 13.9. The maximum Gasteiger partial charge on any atom is 0.416 e. The normalized spacial score (nSPS) is 11.4. The minimum atomic E-state index is -4.43.